The van der Waals surface area contributed by atoms with Crippen molar-refractivity contribution >= 4 is 50.2 Å². The average molecular weight is 539 g/mol. The van der Waals surface area contributed by atoms with Crippen LogP contribution in [0.3, 0.4) is 0 Å². The summed E-state index contributed by atoms with van der Waals surface area (Å²) in [5, 5.41) is 8.99. The van der Waals surface area contributed by atoms with E-state index in [9.17, 15) is 18.0 Å². The lowest BCUT2D eigenvalue weighted by atomic mass is 10.00. The fraction of sp³-hybridized carbons (Fsp3) is 0.0667. The molecule has 4 aromatic carbocycles. The SMILES string of the molecule is CC(=O)NCc1ccc(N/C(=C2\C(=O)Nc3ccc(S(=O)(=O)Nc4ccccc4)cc32)c2ccccc2)cc1. The molecule has 0 bridgehead atoms. The summed E-state index contributed by atoms with van der Waals surface area (Å²) in [7, 11) is -3.90. The first-order chi connectivity index (χ1) is 18.8. The summed E-state index contributed by atoms with van der Waals surface area (Å²) in [5.41, 5.74) is 4.71. The van der Waals surface area contributed by atoms with Gasteiger partial charge in [0.25, 0.3) is 15.9 Å². The molecule has 1 aliphatic heterocycles. The fourth-order valence-corrected chi connectivity index (χ4v) is 5.33. The molecule has 0 spiro atoms. The summed E-state index contributed by atoms with van der Waals surface area (Å²) in [6.07, 6.45) is 0. The molecule has 1 aliphatic rings. The van der Waals surface area contributed by atoms with Crippen LogP contribution in [-0.2, 0) is 26.2 Å². The fourth-order valence-electron chi connectivity index (χ4n) is 4.24. The van der Waals surface area contributed by atoms with Gasteiger partial charge in [-0.15, -0.1) is 0 Å². The zero-order valence-corrected chi connectivity index (χ0v) is 21.9. The number of anilines is 3. The molecule has 2 amide bonds. The van der Waals surface area contributed by atoms with Crippen LogP contribution in [-0.4, -0.2) is 20.2 Å². The predicted octanol–water partition coefficient (Wildman–Crippen LogP) is 5.06. The van der Waals surface area contributed by atoms with E-state index in [4.69, 9.17) is 0 Å². The van der Waals surface area contributed by atoms with E-state index < -0.39 is 10.0 Å². The summed E-state index contributed by atoms with van der Waals surface area (Å²) in [4.78, 5) is 24.5. The van der Waals surface area contributed by atoms with Gasteiger partial charge in [-0.25, -0.2) is 8.42 Å². The molecule has 4 N–H and O–H groups in total. The van der Waals surface area contributed by atoms with Crippen LogP contribution in [0.4, 0.5) is 17.1 Å². The van der Waals surface area contributed by atoms with E-state index in [1.807, 2.05) is 54.6 Å². The molecule has 0 radical (unpaired) electrons. The highest BCUT2D eigenvalue weighted by Crippen LogP contribution is 2.39. The topological polar surface area (TPSA) is 116 Å². The molecule has 5 rings (SSSR count). The smallest absolute Gasteiger partial charge is 0.261 e. The molecule has 39 heavy (non-hydrogen) atoms. The highest BCUT2D eigenvalue weighted by atomic mass is 32.2. The highest BCUT2D eigenvalue weighted by molar-refractivity contribution is 7.92. The Morgan fingerprint density at radius 3 is 2.15 bits per heavy atom. The molecule has 4 aromatic rings. The Hall–Kier alpha value is -4.89. The maximum Gasteiger partial charge on any atom is 0.261 e. The van der Waals surface area contributed by atoms with Gasteiger partial charge in [0, 0.05) is 36.1 Å². The molecule has 9 heteroatoms. The van der Waals surface area contributed by atoms with Crippen LogP contribution >= 0.6 is 0 Å². The standard InChI is InChI=1S/C30H26N4O4S/c1-20(35)31-19-21-12-14-23(15-13-21)32-29(22-8-4-2-5-9-22)28-26-18-25(16-17-27(26)33-30(28)36)39(37,38)34-24-10-6-3-7-11-24/h2-18,32,34H,19H2,1H3,(H,31,35)(H,33,36)/b29-28-. The van der Waals surface area contributed by atoms with Crippen LogP contribution in [0.2, 0.25) is 0 Å². The Bertz CT molecular complexity index is 1670. The van der Waals surface area contributed by atoms with E-state index in [1.54, 1.807) is 36.4 Å². The van der Waals surface area contributed by atoms with Crippen molar-refractivity contribution in [2.24, 2.45) is 0 Å². The Morgan fingerprint density at radius 1 is 0.821 bits per heavy atom. The number of hydrogen-bond acceptors (Lipinski definition) is 5. The maximum atomic E-state index is 13.3. The van der Waals surface area contributed by atoms with Crippen molar-refractivity contribution in [2.45, 2.75) is 18.4 Å². The molecule has 0 saturated carbocycles. The second kappa shape index (κ2) is 10.8. The van der Waals surface area contributed by atoms with Crippen molar-refractivity contribution in [2.75, 3.05) is 15.4 Å². The molecule has 0 aromatic heterocycles. The molecule has 0 aliphatic carbocycles. The Kier molecular flexibility index (Phi) is 7.16. The number of fused-ring (bicyclic) bond motifs is 1. The van der Waals surface area contributed by atoms with Crippen molar-refractivity contribution in [3.63, 3.8) is 0 Å². The zero-order chi connectivity index (χ0) is 27.4. The Labute approximate surface area is 226 Å². The number of nitrogens with one attached hydrogen (secondary N) is 4. The maximum absolute atomic E-state index is 13.3. The monoisotopic (exact) mass is 538 g/mol. The zero-order valence-electron chi connectivity index (χ0n) is 21.1. The second-order valence-electron chi connectivity index (χ2n) is 8.98. The minimum atomic E-state index is -3.90. The van der Waals surface area contributed by atoms with Crippen molar-refractivity contribution in [1.82, 2.24) is 5.32 Å². The van der Waals surface area contributed by atoms with Crippen molar-refractivity contribution < 1.29 is 18.0 Å². The lowest BCUT2D eigenvalue weighted by molar-refractivity contribution is -0.119. The number of carbonyl (C=O) groups is 2. The lowest BCUT2D eigenvalue weighted by Crippen LogP contribution is -2.18. The first-order valence-corrected chi connectivity index (χ1v) is 13.7. The summed E-state index contributed by atoms with van der Waals surface area (Å²) in [5.74, 6) is -0.455. The van der Waals surface area contributed by atoms with Crippen LogP contribution in [0, 0.1) is 0 Å². The number of amides is 2. The molecular formula is C30H26N4O4S. The van der Waals surface area contributed by atoms with E-state index in [1.165, 1.54) is 19.1 Å². The van der Waals surface area contributed by atoms with Crippen LogP contribution in [0.5, 0.6) is 0 Å². The predicted molar refractivity (Wildman–Crippen MR) is 153 cm³/mol. The van der Waals surface area contributed by atoms with Crippen LogP contribution in [0.25, 0.3) is 11.3 Å². The first kappa shape index (κ1) is 25.7. The number of hydrogen-bond donors (Lipinski definition) is 4. The van der Waals surface area contributed by atoms with Crippen molar-refractivity contribution in [1.29, 1.82) is 0 Å². The largest absolute Gasteiger partial charge is 0.354 e. The molecule has 0 unspecified atom stereocenters. The van der Waals surface area contributed by atoms with Gasteiger partial charge >= 0.3 is 0 Å². The first-order valence-electron chi connectivity index (χ1n) is 12.2. The number of rotatable bonds is 8. The third-order valence-corrected chi connectivity index (χ3v) is 7.53. The van der Waals surface area contributed by atoms with Crippen molar-refractivity contribution in [3.05, 3.63) is 120 Å². The van der Waals surface area contributed by atoms with Gasteiger partial charge in [0.15, 0.2) is 0 Å². The lowest BCUT2D eigenvalue weighted by Gasteiger charge is -2.16. The molecule has 196 valence electrons. The van der Waals surface area contributed by atoms with Gasteiger partial charge in [-0.1, -0.05) is 60.7 Å². The molecule has 0 atom stereocenters. The van der Waals surface area contributed by atoms with Gasteiger partial charge in [0.2, 0.25) is 5.91 Å². The normalized spacial score (nSPS) is 13.7. The summed E-state index contributed by atoms with van der Waals surface area (Å²) in [6, 6.07) is 30.1. The quantitative estimate of drug-likeness (QED) is 0.234. The van der Waals surface area contributed by atoms with Crippen molar-refractivity contribution in [3.8, 4) is 0 Å². The molecule has 1 heterocycles. The number of sulfonamides is 1. The summed E-state index contributed by atoms with van der Waals surface area (Å²) < 4.78 is 28.9. The van der Waals surface area contributed by atoms with Crippen LogP contribution < -0.4 is 20.7 Å². The van der Waals surface area contributed by atoms with E-state index in [-0.39, 0.29) is 16.7 Å². The minimum absolute atomic E-state index is 0.0360. The van der Waals surface area contributed by atoms with Gasteiger partial charge in [-0.3, -0.25) is 14.3 Å². The third kappa shape index (κ3) is 5.83. The third-order valence-electron chi connectivity index (χ3n) is 6.15. The summed E-state index contributed by atoms with van der Waals surface area (Å²) in [6.45, 7) is 1.87. The van der Waals surface area contributed by atoms with E-state index in [2.05, 4.69) is 20.7 Å². The Morgan fingerprint density at radius 2 is 1.49 bits per heavy atom. The molecule has 8 nitrogen and oxygen atoms in total. The number of benzene rings is 4. The van der Waals surface area contributed by atoms with E-state index >= 15 is 0 Å². The number of para-hydroxylation sites is 1. The van der Waals surface area contributed by atoms with E-state index in [0.29, 0.717) is 34.8 Å². The van der Waals surface area contributed by atoms with Gasteiger partial charge in [0.05, 0.1) is 16.2 Å². The highest BCUT2D eigenvalue weighted by Gasteiger charge is 2.30. The average Bonchev–Trinajstić information content (AvgIpc) is 3.26. The van der Waals surface area contributed by atoms with Crippen LogP contribution in [0.15, 0.2) is 108 Å². The van der Waals surface area contributed by atoms with Gasteiger partial charge in [0.1, 0.15) is 0 Å². The number of carbonyl (C=O) groups excluding carboxylic acids is 2. The van der Waals surface area contributed by atoms with Gasteiger partial charge in [-0.05, 0) is 53.6 Å². The second-order valence-corrected chi connectivity index (χ2v) is 10.7. The molecule has 0 fully saturated rings. The van der Waals surface area contributed by atoms with Gasteiger partial charge in [-0.2, -0.15) is 0 Å². The van der Waals surface area contributed by atoms with Gasteiger partial charge < -0.3 is 16.0 Å². The minimum Gasteiger partial charge on any atom is -0.354 e. The summed E-state index contributed by atoms with van der Waals surface area (Å²) >= 11 is 0. The van der Waals surface area contributed by atoms with Crippen LogP contribution in [0.1, 0.15) is 23.6 Å². The Balaban J connectivity index is 1.55. The molecular weight excluding hydrogens is 512 g/mol. The molecule has 0 saturated heterocycles. The van der Waals surface area contributed by atoms with E-state index in [0.717, 1.165) is 16.8 Å².